The number of hydrogen-bond acceptors (Lipinski definition) is 5. The van der Waals surface area contributed by atoms with Gasteiger partial charge in [-0.1, -0.05) is 23.7 Å². The summed E-state index contributed by atoms with van der Waals surface area (Å²) in [5.74, 6) is 0.278. The number of likely N-dealkylation sites (N-methyl/N-ethyl adjacent to an activating group) is 1. The number of anilines is 1. The summed E-state index contributed by atoms with van der Waals surface area (Å²) < 4.78 is 0.842. The highest BCUT2D eigenvalue weighted by molar-refractivity contribution is 7.22. The number of amides is 1. The lowest BCUT2D eigenvalue weighted by Gasteiger charge is -2.07. The molecule has 0 radical (unpaired) electrons. The van der Waals surface area contributed by atoms with Crippen molar-refractivity contribution in [1.82, 2.24) is 10.3 Å². The normalized spacial score (nSPS) is 10.9. The van der Waals surface area contributed by atoms with Gasteiger partial charge in [-0.25, -0.2) is 4.98 Å². The molecule has 3 rings (SSSR count). The predicted molar refractivity (Wildman–Crippen MR) is 101 cm³/mol. The summed E-state index contributed by atoms with van der Waals surface area (Å²) in [6, 6.07) is 9.64. The van der Waals surface area contributed by atoms with Gasteiger partial charge in [0.1, 0.15) is 5.82 Å². The van der Waals surface area contributed by atoms with Gasteiger partial charge in [-0.15, -0.1) is 11.3 Å². The molecule has 5 nitrogen and oxygen atoms in total. The standard InChI is InChI=1S/C17H17ClN4OS/c1-20-6-7-21-17-12-8-14(10-2-4-11(18)5-3-10)24-15(12)13(9-22-17)16(19)23/h2-5,8-9,20H,6-7H2,1H3,(H2,19,23)(H,21,22). The van der Waals surface area contributed by atoms with Gasteiger partial charge in [-0.2, -0.15) is 0 Å². The van der Waals surface area contributed by atoms with E-state index in [1.54, 1.807) is 0 Å². The van der Waals surface area contributed by atoms with Crippen molar-refractivity contribution in [2.75, 3.05) is 25.5 Å². The van der Waals surface area contributed by atoms with Crippen LogP contribution in [-0.2, 0) is 0 Å². The largest absolute Gasteiger partial charge is 0.368 e. The summed E-state index contributed by atoms with van der Waals surface area (Å²) in [6.45, 7) is 1.55. The van der Waals surface area contributed by atoms with E-state index in [0.717, 1.165) is 39.4 Å². The second-order valence-corrected chi connectivity index (χ2v) is 6.76. The van der Waals surface area contributed by atoms with Crippen molar-refractivity contribution in [1.29, 1.82) is 0 Å². The molecule has 2 aromatic heterocycles. The molecular weight excluding hydrogens is 344 g/mol. The van der Waals surface area contributed by atoms with E-state index in [9.17, 15) is 4.79 Å². The molecule has 0 unspecified atom stereocenters. The Morgan fingerprint density at radius 3 is 2.71 bits per heavy atom. The van der Waals surface area contributed by atoms with Crippen LogP contribution in [0, 0.1) is 0 Å². The summed E-state index contributed by atoms with van der Waals surface area (Å²) in [6.07, 6.45) is 1.54. The van der Waals surface area contributed by atoms with E-state index >= 15 is 0 Å². The molecule has 4 N–H and O–H groups in total. The highest BCUT2D eigenvalue weighted by Gasteiger charge is 2.15. The molecule has 3 aromatic rings. The molecule has 7 heteroatoms. The summed E-state index contributed by atoms with van der Waals surface area (Å²) in [4.78, 5) is 17.1. The molecule has 0 aliphatic carbocycles. The van der Waals surface area contributed by atoms with Crippen molar-refractivity contribution in [3.05, 3.63) is 47.1 Å². The van der Waals surface area contributed by atoms with E-state index < -0.39 is 5.91 Å². The Bertz CT molecular complexity index is 876. The zero-order chi connectivity index (χ0) is 17.1. The molecule has 0 atom stereocenters. The first-order valence-corrected chi connectivity index (χ1v) is 8.66. The minimum atomic E-state index is -0.473. The van der Waals surface area contributed by atoms with Crippen molar-refractivity contribution in [3.8, 4) is 10.4 Å². The lowest BCUT2D eigenvalue weighted by molar-refractivity contribution is 0.100. The average molecular weight is 361 g/mol. The maximum Gasteiger partial charge on any atom is 0.251 e. The van der Waals surface area contributed by atoms with Crippen LogP contribution >= 0.6 is 22.9 Å². The number of hydrogen-bond donors (Lipinski definition) is 3. The maximum absolute atomic E-state index is 11.7. The van der Waals surface area contributed by atoms with Crippen molar-refractivity contribution >= 4 is 44.7 Å². The summed E-state index contributed by atoms with van der Waals surface area (Å²) >= 11 is 7.48. The molecule has 0 fully saturated rings. The molecule has 0 bridgehead atoms. The summed E-state index contributed by atoms with van der Waals surface area (Å²) in [5.41, 5.74) is 6.98. The third-order valence-corrected chi connectivity index (χ3v) is 5.09. The van der Waals surface area contributed by atoms with E-state index in [1.807, 2.05) is 37.4 Å². The van der Waals surface area contributed by atoms with E-state index in [-0.39, 0.29) is 0 Å². The van der Waals surface area contributed by atoms with E-state index in [2.05, 4.69) is 15.6 Å². The van der Waals surface area contributed by atoms with Crippen LogP contribution in [0.3, 0.4) is 0 Å². The number of aromatic nitrogens is 1. The number of nitrogens with two attached hydrogens (primary N) is 1. The molecule has 24 heavy (non-hydrogen) atoms. The van der Waals surface area contributed by atoms with Gasteiger partial charge in [0.2, 0.25) is 0 Å². The fraction of sp³-hybridized carbons (Fsp3) is 0.176. The van der Waals surface area contributed by atoms with Gasteiger partial charge in [0.25, 0.3) is 5.91 Å². The van der Waals surface area contributed by atoms with Crippen LogP contribution in [0.4, 0.5) is 5.82 Å². The van der Waals surface area contributed by atoms with Crippen LogP contribution < -0.4 is 16.4 Å². The minimum Gasteiger partial charge on any atom is -0.368 e. The van der Waals surface area contributed by atoms with E-state index in [1.165, 1.54) is 17.5 Å². The first kappa shape index (κ1) is 16.7. The quantitative estimate of drug-likeness (QED) is 0.589. The predicted octanol–water partition coefficient (Wildman–Crippen LogP) is 3.35. The van der Waals surface area contributed by atoms with Crippen LogP contribution in [-0.4, -0.2) is 31.0 Å². The Labute approximate surface area is 148 Å². The Morgan fingerprint density at radius 1 is 1.29 bits per heavy atom. The van der Waals surface area contributed by atoms with Gasteiger partial charge in [0, 0.05) is 34.6 Å². The number of fused-ring (bicyclic) bond motifs is 1. The van der Waals surface area contributed by atoms with E-state index in [4.69, 9.17) is 17.3 Å². The van der Waals surface area contributed by atoms with Gasteiger partial charge in [0.05, 0.1) is 10.3 Å². The Morgan fingerprint density at radius 2 is 2.04 bits per heavy atom. The van der Waals surface area contributed by atoms with Gasteiger partial charge in [0.15, 0.2) is 0 Å². The molecule has 0 aliphatic heterocycles. The van der Waals surface area contributed by atoms with Crippen LogP contribution in [0.2, 0.25) is 5.02 Å². The van der Waals surface area contributed by atoms with Crippen molar-refractivity contribution in [2.45, 2.75) is 0 Å². The summed E-state index contributed by atoms with van der Waals surface area (Å²) in [5, 5.41) is 7.96. The SMILES string of the molecule is CNCCNc1ncc(C(N)=O)c2sc(-c3ccc(Cl)cc3)cc12. The highest BCUT2D eigenvalue weighted by atomic mass is 35.5. The number of carbonyl (C=O) groups is 1. The van der Waals surface area contributed by atoms with Crippen LogP contribution in [0.15, 0.2) is 36.5 Å². The number of benzene rings is 1. The number of rotatable bonds is 6. The van der Waals surface area contributed by atoms with Gasteiger partial charge >= 0.3 is 0 Å². The minimum absolute atomic E-state index is 0.439. The van der Waals surface area contributed by atoms with Crippen molar-refractivity contribution in [3.63, 3.8) is 0 Å². The molecule has 1 aromatic carbocycles. The van der Waals surface area contributed by atoms with Crippen LogP contribution in [0.25, 0.3) is 20.5 Å². The zero-order valence-electron chi connectivity index (χ0n) is 13.1. The fourth-order valence-electron chi connectivity index (χ4n) is 2.40. The van der Waals surface area contributed by atoms with Crippen molar-refractivity contribution in [2.24, 2.45) is 5.73 Å². The van der Waals surface area contributed by atoms with Crippen LogP contribution in [0.1, 0.15) is 10.4 Å². The smallest absolute Gasteiger partial charge is 0.251 e. The Hall–Kier alpha value is -2.15. The summed E-state index contributed by atoms with van der Waals surface area (Å²) in [7, 11) is 1.89. The molecule has 0 spiro atoms. The molecule has 0 saturated heterocycles. The number of halogens is 1. The first-order chi connectivity index (χ1) is 11.6. The third-order valence-electron chi connectivity index (χ3n) is 3.62. The second-order valence-electron chi connectivity index (χ2n) is 5.28. The number of pyridine rings is 1. The second kappa shape index (κ2) is 7.17. The van der Waals surface area contributed by atoms with E-state index in [0.29, 0.717) is 10.6 Å². The monoisotopic (exact) mass is 360 g/mol. The van der Waals surface area contributed by atoms with Crippen molar-refractivity contribution < 1.29 is 4.79 Å². The Kier molecular flexibility index (Phi) is 4.99. The Balaban J connectivity index is 2.09. The lowest BCUT2D eigenvalue weighted by atomic mass is 10.1. The van der Waals surface area contributed by atoms with Gasteiger partial charge in [-0.3, -0.25) is 4.79 Å². The number of thiophene rings is 1. The zero-order valence-corrected chi connectivity index (χ0v) is 14.7. The average Bonchev–Trinajstić information content (AvgIpc) is 3.01. The number of carbonyl (C=O) groups excluding carboxylic acids is 1. The molecule has 0 saturated carbocycles. The number of primary amides is 1. The lowest BCUT2D eigenvalue weighted by Crippen LogP contribution is -2.18. The molecule has 124 valence electrons. The topological polar surface area (TPSA) is 80.0 Å². The maximum atomic E-state index is 11.7. The molecule has 2 heterocycles. The molecule has 1 amide bonds. The van der Waals surface area contributed by atoms with Crippen LogP contribution in [0.5, 0.6) is 0 Å². The third kappa shape index (κ3) is 3.36. The first-order valence-electron chi connectivity index (χ1n) is 7.47. The number of nitrogens with zero attached hydrogens (tertiary/aromatic N) is 1. The fourth-order valence-corrected chi connectivity index (χ4v) is 3.71. The number of nitrogens with one attached hydrogen (secondary N) is 2. The molecule has 0 aliphatic rings. The van der Waals surface area contributed by atoms with Gasteiger partial charge < -0.3 is 16.4 Å². The highest BCUT2D eigenvalue weighted by Crippen LogP contribution is 2.38. The molecular formula is C17H17ClN4OS. The van der Waals surface area contributed by atoms with Gasteiger partial charge in [-0.05, 0) is 30.8 Å².